The molecule has 1 aliphatic heterocycles. The fourth-order valence-corrected chi connectivity index (χ4v) is 4.55. The molecular weight excluding hydrogens is 431 g/mol. The van der Waals surface area contributed by atoms with Gasteiger partial charge in [-0.1, -0.05) is 17.7 Å². The number of carbonyl (C=O) groups is 1. The van der Waals surface area contributed by atoms with Crippen LogP contribution in [0.4, 0.5) is 4.39 Å². The van der Waals surface area contributed by atoms with Gasteiger partial charge in [0.25, 0.3) is 5.91 Å². The van der Waals surface area contributed by atoms with Crippen LogP contribution in [0.2, 0.25) is 0 Å². The largest absolute Gasteiger partial charge is 0.379 e. The van der Waals surface area contributed by atoms with Gasteiger partial charge in [0.15, 0.2) is 0 Å². The number of halogens is 1. The Morgan fingerprint density at radius 2 is 1.76 bits per heavy atom. The molecule has 0 spiro atoms. The van der Waals surface area contributed by atoms with E-state index in [1.165, 1.54) is 34.4 Å². The average molecular weight is 465 g/mol. The third kappa shape index (κ3) is 5.90. The third-order valence-corrected chi connectivity index (χ3v) is 6.47. The molecule has 0 bridgehead atoms. The molecule has 0 unspecified atom stereocenters. The van der Waals surface area contributed by atoms with Gasteiger partial charge >= 0.3 is 0 Å². The molecule has 34 heavy (non-hydrogen) atoms. The Bertz CT molecular complexity index is 1100. The molecular formula is C27H33FN4O2. The maximum absolute atomic E-state index is 13.4. The Labute approximate surface area is 201 Å². The Kier molecular flexibility index (Phi) is 7.75. The van der Waals surface area contributed by atoms with Crippen LogP contribution in [0.5, 0.6) is 0 Å². The number of aryl methyl sites for hydroxylation is 3. The molecule has 4 rings (SSSR count). The van der Waals surface area contributed by atoms with E-state index in [-0.39, 0.29) is 11.7 Å². The van der Waals surface area contributed by atoms with Gasteiger partial charge in [-0.05, 0) is 61.7 Å². The van der Waals surface area contributed by atoms with E-state index >= 15 is 0 Å². The zero-order valence-electron chi connectivity index (χ0n) is 20.3. The molecule has 0 N–H and O–H groups in total. The zero-order valence-corrected chi connectivity index (χ0v) is 20.3. The van der Waals surface area contributed by atoms with Crippen molar-refractivity contribution in [3.05, 3.63) is 88.3 Å². The van der Waals surface area contributed by atoms with E-state index in [4.69, 9.17) is 4.74 Å². The highest BCUT2D eigenvalue weighted by atomic mass is 19.1. The topological polar surface area (TPSA) is 50.6 Å². The van der Waals surface area contributed by atoms with Gasteiger partial charge in [0.05, 0.1) is 19.8 Å². The Morgan fingerprint density at radius 1 is 1.09 bits per heavy atom. The minimum absolute atomic E-state index is 0.120. The summed E-state index contributed by atoms with van der Waals surface area (Å²) in [6.45, 7) is 11.9. The maximum atomic E-state index is 13.4. The predicted molar refractivity (Wildman–Crippen MR) is 130 cm³/mol. The number of hydrogen-bond donors (Lipinski definition) is 0. The van der Waals surface area contributed by atoms with Crippen LogP contribution in [-0.2, 0) is 17.8 Å². The summed E-state index contributed by atoms with van der Waals surface area (Å²) in [6.07, 6.45) is 3.76. The van der Waals surface area contributed by atoms with Gasteiger partial charge in [0.1, 0.15) is 11.6 Å². The molecule has 2 aromatic carbocycles. The first-order valence-electron chi connectivity index (χ1n) is 11.8. The molecule has 3 aromatic rings. The van der Waals surface area contributed by atoms with Gasteiger partial charge in [-0.2, -0.15) is 0 Å². The second kappa shape index (κ2) is 10.9. The number of amides is 1. The summed E-state index contributed by atoms with van der Waals surface area (Å²) in [4.78, 5) is 22.1. The summed E-state index contributed by atoms with van der Waals surface area (Å²) in [5.41, 5.74) is 5.51. The van der Waals surface area contributed by atoms with Gasteiger partial charge in [-0.15, -0.1) is 0 Å². The normalized spacial score (nSPS) is 14.4. The van der Waals surface area contributed by atoms with Crippen LogP contribution in [-0.4, -0.2) is 64.7 Å². The van der Waals surface area contributed by atoms with Crippen molar-refractivity contribution in [1.82, 2.24) is 19.4 Å². The van der Waals surface area contributed by atoms with Gasteiger partial charge in [0.2, 0.25) is 0 Å². The van der Waals surface area contributed by atoms with Gasteiger partial charge in [-0.25, -0.2) is 9.37 Å². The van der Waals surface area contributed by atoms with E-state index in [2.05, 4.69) is 47.4 Å². The number of carbonyl (C=O) groups excluding carboxylic acids is 1. The molecule has 0 saturated carbocycles. The van der Waals surface area contributed by atoms with Crippen molar-refractivity contribution in [3.63, 3.8) is 0 Å². The van der Waals surface area contributed by atoms with Crippen molar-refractivity contribution in [2.24, 2.45) is 0 Å². The number of ether oxygens (including phenoxy) is 1. The highest BCUT2D eigenvalue weighted by Crippen LogP contribution is 2.19. The lowest BCUT2D eigenvalue weighted by Gasteiger charge is -2.30. The maximum Gasteiger partial charge on any atom is 0.254 e. The molecule has 0 atom stereocenters. The second-order valence-corrected chi connectivity index (χ2v) is 9.04. The van der Waals surface area contributed by atoms with Gasteiger partial charge in [0, 0.05) is 50.7 Å². The number of aromatic nitrogens is 2. The summed E-state index contributed by atoms with van der Waals surface area (Å²) in [7, 11) is 0. The van der Waals surface area contributed by atoms with Crippen molar-refractivity contribution in [2.75, 3.05) is 39.4 Å². The van der Waals surface area contributed by atoms with Crippen molar-refractivity contribution >= 4 is 5.91 Å². The fourth-order valence-electron chi connectivity index (χ4n) is 4.55. The van der Waals surface area contributed by atoms with E-state index in [1.807, 2.05) is 11.1 Å². The summed E-state index contributed by atoms with van der Waals surface area (Å²) in [5.74, 6) is 0.359. The first-order valence-corrected chi connectivity index (χ1v) is 11.8. The Morgan fingerprint density at radius 3 is 2.44 bits per heavy atom. The molecule has 1 amide bonds. The minimum atomic E-state index is -0.351. The number of benzene rings is 2. The molecule has 6 nitrogen and oxygen atoms in total. The molecule has 1 saturated heterocycles. The smallest absolute Gasteiger partial charge is 0.254 e. The number of morpholine rings is 1. The number of rotatable bonds is 8. The summed E-state index contributed by atoms with van der Waals surface area (Å²) in [6, 6.07) is 10.2. The van der Waals surface area contributed by atoms with E-state index in [0.29, 0.717) is 38.4 Å². The van der Waals surface area contributed by atoms with E-state index in [0.717, 1.165) is 25.5 Å². The molecule has 0 aliphatic carbocycles. The molecule has 2 heterocycles. The molecule has 1 fully saturated rings. The summed E-state index contributed by atoms with van der Waals surface area (Å²) >= 11 is 0. The average Bonchev–Trinajstić information content (AvgIpc) is 3.26. The Balaban J connectivity index is 1.54. The molecule has 7 heteroatoms. The van der Waals surface area contributed by atoms with Crippen LogP contribution in [0.1, 0.15) is 38.4 Å². The highest BCUT2D eigenvalue weighted by Gasteiger charge is 2.21. The summed E-state index contributed by atoms with van der Waals surface area (Å²) < 4.78 is 21.0. The van der Waals surface area contributed by atoms with Crippen molar-refractivity contribution < 1.29 is 13.9 Å². The first kappa shape index (κ1) is 24.1. The first-order chi connectivity index (χ1) is 16.4. The van der Waals surface area contributed by atoms with Crippen molar-refractivity contribution in [1.29, 1.82) is 0 Å². The second-order valence-electron chi connectivity index (χ2n) is 9.04. The Hall–Kier alpha value is -3.03. The van der Waals surface area contributed by atoms with Crippen LogP contribution in [0.3, 0.4) is 0 Å². The SMILES string of the molecule is Cc1cc(C)c(Cn2ccnc2CN(CCN2CCOCC2)C(=O)c2ccc(F)cc2)c(C)c1. The lowest BCUT2D eigenvalue weighted by Crippen LogP contribution is -2.43. The number of nitrogens with zero attached hydrogens (tertiary/aromatic N) is 4. The van der Waals surface area contributed by atoms with Crippen LogP contribution in [0.25, 0.3) is 0 Å². The van der Waals surface area contributed by atoms with Crippen LogP contribution in [0.15, 0.2) is 48.8 Å². The van der Waals surface area contributed by atoms with Crippen molar-refractivity contribution in [2.45, 2.75) is 33.9 Å². The lowest BCUT2D eigenvalue weighted by atomic mass is 10.00. The van der Waals surface area contributed by atoms with Crippen LogP contribution >= 0.6 is 0 Å². The molecule has 1 aromatic heterocycles. The quantitative estimate of drug-likeness (QED) is 0.506. The molecule has 1 aliphatic rings. The van der Waals surface area contributed by atoms with Gasteiger partial charge < -0.3 is 14.2 Å². The summed E-state index contributed by atoms with van der Waals surface area (Å²) in [5, 5.41) is 0. The highest BCUT2D eigenvalue weighted by molar-refractivity contribution is 5.94. The lowest BCUT2D eigenvalue weighted by molar-refractivity contribution is 0.0318. The number of imidazole rings is 1. The van der Waals surface area contributed by atoms with E-state index in [9.17, 15) is 9.18 Å². The van der Waals surface area contributed by atoms with Crippen molar-refractivity contribution in [3.8, 4) is 0 Å². The molecule has 180 valence electrons. The third-order valence-electron chi connectivity index (χ3n) is 6.47. The molecule has 0 radical (unpaired) electrons. The van der Waals surface area contributed by atoms with Crippen LogP contribution in [0, 0.1) is 26.6 Å². The van der Waals surface area contributed by atoms with E-state index < -0.39 is 0 Å². The predicted octanol–water partition coefficient (Wildman–Crippen LogP) is 3.97. The number of hydrogen-bond acceptors (Lipinski definition) is 4. The van der Waals surface area contributed by atoms with Gasteiger partial charge in [-0.3, -0.25) is 9.69 Å². The zero-order chi connectivity index (χ0) is 24.1. The monoisotopic (exact) mass is 464 g/mol. The minimum Gasteiger partial charge on any atom is -0.379 e. The fraction of sp³-hybridized carbons (Fsp3) is 0.407. The standard InChI is InChI=1S/C27H33FN4O2/c1-20-16-21(2)25(22(3)17-20)18-31-9-8-29-26(31)19-32(11-10-30-12-14-34-15-13-30)27(33)23-4-6-24(28)7-5-23/h4-9,16-17H,10-15,18-19H2,1-3H3. The van der Waals surface area contributed by atoms with Crippen LogP contribution < -0.4 is 0 Å². The van der Waals surface area contributed by atoms with E-state index in [1.54, 1.807) is 18.3 Å².